The van der Waals surface area contributed by atoms with Crippen LogP contribution in [0.25, 0.3) is 0 Å². The standard InChI is InChI=1S/C15H29N5/c1-14-12-15(18(2)17-14)13-20-10-8-19(9-11-20)7-5-3-4-6-16/h12H,3-11,13,16H2,1-2H3. The molecule has 0 radical (unpaired) electrons. The van der Waals surface area contributed by atoms with Gasteiger partial charge in [0.1, 0.15) is 0 Å². The summed E-state index contributed by atoms with van der Waals surface area (Å²) in [5.74, 6) is 0. The van der Waals surface area contributed by atoms with Gasteiger partial charge in [-0.3, -0.25) is 9.58 Å². The molecule has 2 rings (SSSR count). The number of hydrogen-bond acceptors (Lipinski definition) is 4. The highest BCUT2D eigenvalue weighted by Crippen LogP contribution is 2.10. The van der Waals surface area contributed by atoms with Crippen molar-refractivity contribution < 1.29 is 0 Å². The molecule has 2 heterocycles. The lowest BCUT2D eigenvalue weighted by atomic mass is 10.2. The van der Waals surface area contributed by atoms with Gasteiger partial charge in [-0.1, -0.05) is 6.42 Å². The van der Waals surface area contributed by atoms with Crippen molar-refractivity contribution in [3.63, 3.8) is 0 Å². The highest BCUT2D eigenvalue weighted by Gasteiger charge is 2.17. The fraction of sp³-hybridized carbons (Fsp3) is 0.800. The lowest BCUT2D eigenvalue weighted by molar-refractivity contribution is 0.123. The van der Waals surface area contributed by atoms with Crippen LogP contribution in [0.2, 0.25) is 0 Å². The molecule has 1 aliphatic rings. The number of piperazine rings is 1. The van der Waals surface area contributed by atoms with Crippen LogP contribution < -0.4 is 5.73 Å². The molecule has 0 bridgehead atoms. The number of aryl methyl sites for hydroxylation is 2. The van der Waals surface area contributed by atoms with Gasteiger partial charge < -0.3 is 10.6 Å². The number of unbranched alkanes of at least 4 members (excludes halogenated alkanes) is 2. The Labute approximate surface area is 122 Å². The molecule has 1 aromatic heterocycles. The summed E-state index contributed by atoms with van der Waals surface area (Å²) in [4.78, 5) is 5.12. The lowest BCUT2D eigenvalue weighted by Crippen LogP contribution is -2.46. The third-order valence-corrected chi connectivity index (χ3v) is 4.13. The maximum absolute atomic E-state index is 5.53. The maximum Gasteiger partial charge on any atom is 0.0597 e. The van der Waals surface area contributed by atoms with Gasteiger partial charge in [0.15, 0.2) is 0 Å². The van der Waals surface area contributed by atoms with Crippen LogP contribution in [0.5, 0.6) is 0 Å². The Morgan fingerprint density at radius 2 is 1.80 bits per heavy atom. The molecule has 1 fully saturated rings. The van der Waals surface area contributed by atoms with Crippen molar-refractivity contribution in [3.05, 3.63) is 17.5 Å². The van der Waals surface area contributed by atoms with Crippen molar-refractivity contribution in [1.29, 1.82) is 0 Å². The molecular formula is C15H29N5. The van der Waals surface area contributed by atoms with E-state index < -0.39 is 0 Å². The van der Waals surface area contributed by atoms with Crippen molar-refractivity contribution >= 4 is 0 Å². The first-order valence-electron chi connectivity index (χ1n) is 7.83. The first-order valence-corrected chi connectivity index (χ1v) is 7.83. The maximum atomic E-state index is 5.53. The average molecular weight is 279 g/mol. The number of nitrogens with two attached hydrogens (primary N) is 1. The third kappa shape index (κ3) is 4.58. The van der Waals surface area contributed by atoms with E-state index in [1.165, 1.54) is 57.7 Å². The van der Waals surface area contributed by atoms with Crippen molar-refractivity contribution in [2.45, 2.75) is 32.7 Å². The van der Waals surface area contributed by atoms with E-state index in [4.69, 9.17) is 5.73 Å². The van der Waals surface area contributed by atoms with E-state index in [-0.39, 0.29) is 0 Å². The predicted molar refractivity (Wildman–Crippen MR) is 82.6 cm³/mol. The molecule has 0 aliphatic carbocycles. The fourth-order valence-corrected chi connectivity index (χ4v) is 2.87. The zero-order valence-electron chi connectivity index (χ0n) is 13.0. The van der Waals surface area contributed by atoms with Crippen molar-refractivity contribution in [2.24, 2.45) is 12.8 Å². The van der Waals surface area contributed by atoms with E-state index in [2.05, 4.69) is 27.9 Å². The minimum Gasteiger partial charge on any atom is -0.330 e. The number of rotatable bonds is 7. The van der Waals surface area contributed by atoms with E-state index in [9.17, 15) is 0 Å². The van der Waals surface area contributed by atoms with Crippen LogP contribution in [0.15, 0.2) is 6.07 Å². The monoisotopic (exact) mass is 279 g/mol. The molecule has 0 saturated carbocycles. The second-order valence-electron chi connectivity index (χ2n) is 5.87. The summed E-state index contributed by atoms with van der Waals surface area (Å²) >= 11 is 0. The van der Waals surface area contributed by atoms with Gasteiger partial charge >= 0.3 is 0 Å². The molecule has 0 atom stereocenters. The summed E-state index contributed by atoms with van der Waals surface area (Å²) in [6, 6.07) is 2.19. The molecule has 0 spiro atoms. The van der Waals surface area contributed by atoms with Gasteiger partial charge in [-0.05, 0) is 38.9 Å². The fourth-order valence-electron chi connectivity index (χ4n) is 2.87. The minimum absolute atomic E-state index is 0.831. The quantitative estimate of drug-likeness (QED) is 0.756. The van der Waals surface area contributed by atoms with Gasteiger partial charge in [0.05, 0.1) is 11.4 Å². The van der Waals surface area contributed by atoms with E-state index in [1.807, 2.05) is 11.7 Å². The number of hydrogen-bond donors (Lipinski definition) is 1. The smallest absolute Gasteiger partial charge is 0.0597 e. The Morgan fingerprint density at radius 1 is 1.10 bits per heavy atom. The van der Waals surface area contributed by atoms with Gasteiger partial charge in [-0.2, -0.15) is 5.10 Å². The van der Waals surface area contributed by atoms with E-state index >= 15 is 0 Å². The Hall–Kier alpha value is -0.910. The van der Waals surface area contributed by atoms with Gasteiger partial charge in [0, 0.05) is 39.8 Å². The Morgan fingerprint density at radius 3 is 2.40 bits per heavy atom. The summed E-state index contributed by atoms with van der Waals surface area (Å²) in [5, 5.41) is 4.42. The van der Waals surface area contributed by atoms with Crippen molar-refractivity contribution in [3.8, 4) is 0 Å². The number of nitrogens with zero attached hydrogens (tertiary/aromatic N) is 4. The Balaban J connectivity index is 1.68. The third-order valence-electron chi connectivity index (χ3n) is 4.13. The van der Waals surface area contributed by atoms with Crippen molar-refractivity contribution in [1.82, 2.24) is 19.6 Å². The molecular weight excluding hydrogens is 250 g/mol. The van der Waals surface area contributed by atoms with Crippen LogP contribution in [0.1, 0.15) is 30.7 Å². The SMILES string of the molecule is Cc1cc(CN2CCN(CCCCCN)CC2)n(C)n1. The topological polar surface area (TPSA) is 50.3 Å². The predicted octanol–water partition coefficient (Wildman–Crippen LogP) is 0.975. The molecule has 5 nitrogen and oxygen atoms in total. The zero-order chi connectivity index (χ0) is 14.4. The molecule has 1 aromatic rings. The highest BCUT2D eigenvalue weighted by atomic mass is 15.3. The second kappa shape index (κ2) is 7.76. The molecule has 0 amide bonds. The van der Waals surface area contributed by atoms with Crippen LogP contribution in [-0.4, -0.2) is 58.8 Å². The normalized spacial score (nSPS) is 17.8. The van der Waals surface area contributed by atoms with Crippen LogP contribution >= 0.6 is 0 Å². The molecule has 5 heteroatoms. The summed E-state index contributed by atoms with van der Waals surface area (Å²) in [7, 11) is 2.04. The van der Waals surface area contributed by atoms with E-state index in [0.717, 1.165) is 18.8 Å². The summed E-state index contributed by atoms with van der Waals surface area (Å²) < 4.78 is 2.01. The molecule has 1 aliphatic heterocycles. The minimum atomic E-state index is 0.831. The molecule has 114 valence electrons. The Kier molecular flexibility index (Phi) is 6.01. The van der Waals surface area contributed by atoms with Gasteiger partial charge in [-0.25, -0.2) is 0 Å². The molecule has 20 heavy (non-hydrogen) atoms. The van der Waals surface area contributed by atoms with E-state index in [0.29, 0.717) is 0 Å². The second-order valence-corrected chi connectivity index (χ2v) is 5.87. The molecule has 1 saturated heterocycles. The summed E-state index contributed by atoms with van der Waals surface area (Å²) in [5.41, 5.74) is 7.96. The van der Waals surface area contributed by atoms with E-state index in [1.54, 1.807) is 0 Å². The molecule has 0 unspecified atom stereocenters. The largest absolute Gasteiger partial charge is 0.330 e. The zero-order valence-corrected chi connectivity index (χ0v) is 13.0. The van der Waals surface area contributed by atoms with Crippen LogP contribution in [0, 0.1) is 6.92 Å². The highest BCUT2D eigenvalue weighted by molar-refractivity contribution is 5.08. The average Bonchev–Trinajstić information content (AvgIpc) is 2.75. The summed E-state index contributed by atoms with van der Waals surface area (Å²) in [6.07, 6.45) is 3.73. The van der Waals surface area contributed by atoms with Gasteiger partial charge in [0.25, 0.3) is 0 Å². The first kappa shape index (κ1) is 15.5. The Bertz CT molecular complexity index is 393. The number of aromatic nitrogens is 2. The molecule has 0 aromatic carbocycles. The lowest BCUT2D eigenvalue weighted by Gasteiger charge is -2.34. The van der Waals surface area contributed by atoms with Crippen LogP contribution in [0.4, 0.5) is 0 Å². The van der Waals surface area contributed by atoms with Crippen LogP contribution in [-0.2, 0) is 13.6 Å². The van der Waals surface area contributed by atoms with Gasteiger partial charge in [-0.15, -0.1) is 0 Å². The molecule has 2 N–H and O–H groups in total. The first-order chi connectivity index (χ1) is 9.69. The summed E-state index contributed by atoms with van der Waals surface area (Å²) in [6.45, 7) is 9.87. The van der Waals surface area contributed by atoms with Gasteiger partial charge in [0.2, 0.25) is 0 Å². The van der Waals surface area contributed by atoms with Crippen molar-refractivity contribution in [2.75, 3.05) is 39.3 Å². The van der Waals surface area contributed by atoms with Crippen LogP contribution in [0.3, 0.4) is 0 Å².